The summed E-state index contributed by atoms with van der Waals surface area (Å²) >= 11 is 0. The Morgan fingerprint density at radius 3 is 2.50 bits per heavy atom. The topological polar surface area (TPSA) is 49.3 Å². The number of carbonyl (C=O) groups is 1. The van der Waals surface area contributed by atoms with Crippen LogP contribution in [0.25, 0.3) is 0 Å². The number of rotatable bonds is 7. The lowest BCUT2D eigenvalue weighted by atomic mass is 9.91. The molecule has 0 fully saturated rings. The highest BCUT2D eigenvalue weighted by Crippen LogP contribution is 2.23. The number of aromatic hydroxyl groups is 1. The summed E-state index contributed by atoms with van der Waals surface area (Å²) in [6.07, 6.45) is 8.82. The van der Waals surface area contributed by atoms with E-state index in [2.05, 4.69) is 11.4 Å². The summed E-state index contributed by atoms with van der Waals surface area (Å²) < 4.78 is 0. The number of amides is 1. The van der Waals surface area contributed by atoms with Gasteiger partial charge in [0, 0.05) is 6.54 Å². The molecule has 2 aromatic carbocycles. The standard InChI is InChI=1S/C23H27NO2/c25-21-13-11-19(12-14-21)17-22(20-9-5-2-6-10-20)23(26)24-16-15-18-7-3-1-4-8-18/h2,5-7,9-14,22,25H,1,3-4,8,15-17H2,(H,24,26). The van der Waals surface area contributed by atoms with Crippen molar-refractivity contribution in [3.63, 3.8) is 0 Å². The first-order valence-corrected chi connectivity index (χ1v) is 9.51. The maximum absolute atomic E-state index is 12.9. The molecule has 1 aliphatic carbocycles. The maximum Gasteiger partial charge on any atom is 0.227 e. The van der Waals surface area contributed by atoms with Crippen LogP contribution in [0.4, 0.5) is 0 Å². The molecule has 0 aromatic heterocycles. The van der Waals surface area contributed by atoms with Crippen molar-refractivity contribution in [2.45, 2.75) is 44.4 Å². The van der Waals surface area contributed by atoms with Gasteiger partial charge in [0.25, 0.3) is 0 Å². The Hall–Kier alpha value is -2.55. The lowest BCUT2D eigenvalue weighted by molar-refractivity contribution is -0.122. The van der Waals surface area contributed by atoms with Crippen LogP contribution in [0, 0.1) is 0 Å². The monoisotopic (exact) mass is 349 g/mol. The van der Waals surface area contributed by atoms with E-state index in [1.807, 2.05) is 42.5 Å². The number of phenols is 1. The second kappa shape index (κ2) is 9.23. The second-order valence-electron chi connectivity index (χ2n) is 6.98. The zero-order chi connectivity index (χ0) is 18.2. The van der Waals surface area contributed by atoms with Crippen LogP contribution in [0.15, 0.2) is 66.2 Å². The summed E-state index contributed by atoms with van der Waals surface area (Å²) in [4.78, 5) is 12.9. The lowest BCUT2D eigenvalue weighted by Crippen LogP contribution is -2.31. The molecular weight excluding hydrogens is 322 g/mol. The van der Waals surface area contributed by atoms with Crippen LogP contribution in [0.3, 0.4) is 0 Å². The van der Waals surface area contributed by atoms with Crippen molar-refractivity contribution >= 4 is 5.91 Å². The van der Waals surface area contributed by atoms with Gasteiger partial charge in [-0.15, -0.1) is 0 Å². The van der Waals surface area contributed by atoms with Gasteiger partial charge in [0.15, 0.2) is 0 Å². The molecule has 0 saturated carbocycles. The van der Waals surface area contributed by atoms with Gasteiger partial charge in [0.2, 0.25) is 5.91 Å². The van der Waals surface area contributed by atoms with E-state index in [-0.39, 0.29) is 17.6 Å². The Bertz CT molecular complexity index is 735. The summed E-state index contributed by atoms with van der Waals surface area (Å²) in [7, 11) is 0. The maximum atomic E-state index is 12.9. The molecular formula is C23H27NO2. The Kier molecular flexibility index (Phi) is 6.48. The molecule has 3 rings (SSSR count). The largest absolute Gasteiger partial charge is 0.508 e. The van der Waals surface area contributed by atoms with E-state index >= 15 is 0 Å². The SMILES string of the molecule is O=C(NCCC1=CCCCC1)C(Cc1ccc(O)cc1)c1ccccc1. The fourth-order valence-electron chi connectivity index (χ4n) is 3.52. The average Bonchev–Trinajstić information content (AvgIpc) is 2.69. The van der Waals surface area contributed by atoms with Crippen LogP contribution in [0.1, 0.15) is 49.1 Å². The first kappa shape index (κ1) is 18.2. The molecule has 1 atom stereocenters. The van der Waals surface area contributed by atoms with Crippen LogP contribution >= 0.6 is 0 Å². The van der Waals surface area contributed by atoms with Crippen molar-refractivity contribution in [3.05, 3.63) is 77.4 Å². The number of hydrogen-bond donors (Lipinski definition) is 2. The predicted molar refractivity (Wildman–Crippen MR) is 105 cm³/mol. The number of allylic oxidation sites excluding steroid dienone is 1. The van der Waals surface area contributed by atoms with E-state index in [1.165, 1.54) is 31.3 Å². The van der Waals surface area contributed by atoms with Crippen molar-refractivity contribution in [1.82, 2.24) is 5.32 Å². The highest BCUT2D eigenvalue weighted by molar-refractivity contribution is 5.84. The highest BCUT2D eigenvalue weighted by Gasteiger charge is 2.21. The van der Waals surface area contributed by atoms with Gasteiger partial charge in [0.05, 0.1) is 5.92 Å². The van der Waals surface area contributed by atoms with Crippen molar-refractivity contribution < 1.29 is 9.90 Å². The second-order valence-corrected chi connectivity index (χ2v) is 6.98. The van der Waals surface area contributed by atoms with Gasteiger partial charge in [-0.1, -0.05) is 54.1 Å². The Balaban J connectivity index is 1.65. The number of carbonyl (C=O) groups excluding carboxylic acids is 1. The van der Waals surface area contributed by atoms with Crippen LogP contribution < -0.4 is 5.32 Å². The summed E-state index contributed by atoms with van der Waals surface area (Å²) in [5.41, 5.74) is 3.54. The third kappa shape index (κ3) is 5.22. The van der Waals surface area contributed by atoms with E-state index in [9.17, 15) is 9.90 Å². The molecule has 3 nitrogen and oxygen atoms in total. The highest BCUT2D eigenvalue weighted by atomic mass is 16.3. The molecule has 136 valence electrons. The minimum atomic E-state index is -0.221. The third-order valence-corrected chi connectivity index (χ3v) is 5.02. The third-order valence-electron chi connectivity index (χ3n) is 5.02. The molecule has 0 bridgehead atoms. The van der Waals surface area contributed by atoms with E-state index < -0.39 is 0 Å². The number of benzene rings is 2. The molecule has 26 heavy (non-hydrogen) atoms. The number of phenolic OH excluding ortho intramolecular Hbond substituents is 1. The predicted octanol–water partition coefficient (Wildman–Crippen LogP) is 4.73. The summed E-state index contributed by atoms with van der Waals surface area (Å²) in [6, 6.07) is 17.0. The Labute approximate surface area is 155 Å². The normalized spacial score (nSPS) is 15.2. The van der Waals surface area contributed by atoms with Gasteiger partial charge in [0.1, 0.15) is 5.75 Å². The minimum absolute atomic E-state index is 0.0701. The zero-order valence-electron chi connectivity index (χ0n) is 15.2. The van der Waals surface area contributed by atoms with E-state index in [1.54, 1.807) is 12.1 Å². The molecule has 1 aliphatic rings. The summed E-state index contributed by atoms with van der Waals surface area (Å²) in [5, 5.41) is 12.6. The van der Waals surface area contributed by atoms with Gasteiger partial charge >= 0.3 is 0 Å². The van der Waals surface area contributed by atoms with Crippen LogP contribution in [-0.4, -0.2) is 17.6 Å². The first-order chi connectivity index (χ1) is 12.7. The molecule has 2 aromatic rings. The van der Waals surface area contributed by atoms with Crippen LogP contribution in [-0.2, 0) is 11.2 Å². The van der Waals surface area contributed by atoms with E-state index in [0.717, 1.165) is 17.5 Å². The van der Waals surface area contributed by atoms with E-state index in [0.29, 0.717) is 13.0 Å². The zero-order valence-corrected chi connectivity index (χ0v) is 15.2. The molecule has 2 N–H and O–H groups in total. The van der Waals surface area contributed by atoms with Crippen molar-refractivity contribution in [3.8, 4) is 5.75 Å². The number of nitrogens with one attached hydrogen (secondary N) is 1. The molecule has 1 amide bonds. The molecule has 0 radical (unpaired) electrons. The first-order valence-electron chi connectivity index (χ1n) is 9.51. The molecule has 0 spiro atoms. The van der Waals surface area contributed by atoms with Gasteiger partial charge in [-0.2, -0.15) is 0 Å². The fraction of sp³-hybridized carbons (Fsp3) is 0.348. The van der Waals surface area contributed by atoms with Crippen molar-refractivity contribution in [1.29, 1.82) is 0 Å². The summed E-state index contributed by atoms with van der Waals surface area (Å²) in [5.74, 6) is 0.0944. The molecule has 0 saturated heterocycles. The Morgan fingerprint density at radius 1 is 1.04 bits per heavy atom. The molecule has 3 heteroatoms. The van der Waals surface area contributed by atoms with Gasteiger partial charge < -0.3 is 10.4 Å². The number of hydrogen-bond acceptors (Lipinski definition) is 2. The summed E-state index contributed by atoms with van der Waals surface area (Å²) in [6.45, 7) is 0.698. The average molecular weight is 349 g/mol. The van der Waals surface area contributed by atoms with Gasteiger partial charge in [-0.05, 0) is 61.8 Å². The Morgan fingerprint density at radius 2 is 1.81 bits per heavy atom. The van der Waals surface area contributed by atoms with Gasteiger partial charge in [-0.3, -0.25) is 4.79 Å². The van der Waals surface area contributed by atoms with Crippen LogP contribution in [0.2, 0.25) is 0 Å². The van der Waals surface area contributed by atoms with E-state index in [4.69, 9.17) is 0 Å². The molecule has 0 heterocycles. The van der Waals surface area contributed by atoms with Crippen molar-refractivity contribution in [2.75, 3.05) is 6.54 Å². The quantitative estimate of drug-likeness (QED) is 0.710. The van der Waals surface area contributed by atoms with Gasteiger partial charge in [-0.25, -0.2) is 0 Å². The fourth-order valence-corrected chi connectivity index (χ4v) is 3.52. The van der Waals surface area contributed by atoms with Crippen LogP contribution in [0.5, 0.6) is 5.75 Å². The molecule has 1 unspecified atom stereocenters. The minimum Gasteiger partial charge on any atom is -0.508 e. The molecule has 0 aliphatic heterocycles. The lowest BCUT2D eigenvalue weighted by Gasteiger charge is -2.19. The van der Waals surface area contributed by atoms with Crippen molar-refractivity contribution in [2.24, 2.45) is 0 Å². The smallest absolute Gasteiger partial charge is 0.227 e.